The number of hydrogen-bond acceptors (Lipinski definition) is 1. The lowest BCUT2D eigenvalue weighted by atomic mass is 10.0. The lowest BCUT2D eigenvalue weighted by molar-refractivity contribution is 0.200. The van der Waals surface area contributed by atoms with Gasteiger partial charge in [-0.25, -0.2) is 0 Å². The molecule has 0 amide bonds. The Morgan fingerprint density at radius 2 is 1.92 bits per heavy atom. The molecule has 2 heteroatoms. The Kier molecular flexibility index (Phi) is 3.74. The number of hydrogen-bond donors (Lipinski definition) is 1. The highest BCUT2D eigenvalue weighted by atomic mass is 28.3. The van der Waals surface area contributed by atoms with Crippen LogP contribution in [0.2, 0.25) is 19.6 Å². The highest BCUT2D eigenvalue weighted by Crippen LogP contribution is 2.25. The second kappa shape index (κ2) is 4.42. The Bertz CT molecular complexity index is 191. The van der Waals surface area contributed by atoms with Gasteiger partial charge in [-0.1, -0.05) is 43.8 Å². The molecule has 1 aliphatic carbocycles. The molecule has 0 aromatic heterocycles. The van der Waals surface area contributed by atoms with Crippen molar-refractivity contribution in [1.82, 2.24) is 0 Å². The summed E-state index contributed by atoms with van der Waals surface area (Å²) in [5, 5.41) is 11.4. The third-order valence-electron chi connectivity index (χ3n) is 2.77. The summed E-state index contributed by atoms with van der Waals surface area (Å²) < 4.78 is 0. The van der Waals surface area contributed by atoms with E-state index < -0.39 is 8.07 Å². The van der Waals surface area contributed by atoms with Crippen LogP contribution in [0.1, 0.15) is 32.1 Å². The van der Waals surface area contributed by atoms with E-state index in [1.54, 1.807) is 0 Å². The molecule has 0 radical (unpaired) electrons. The third-order valence-corrected chi connectivity index (χ3v) is 5.04. The van der Waals surface area contributed by atoms with Crippen molar-refractivity contribution in [2.75, 3.05) is 0 Å². The summed E-state index contributed by atoms with van der Waals surface area (Å²) in [4.78, 5) is 0. The first-order chi connectivity index (χ1) is 6.02. The molecule has 1 nitrogen and oxygen atoms in total. The van der Waals surface area contributed by atoms with Crippen molar-refractivity contribution in [1.29, 1.82) is 0 Å². The van der Waals surface area contributed by atoms with E-state index in [0.29, 0.717) is 0 Å². The fourth-order valence-corrected chi connectivity index (χ4v) is 3.91. The molecule has 1 aliphatic rings. The molecule has 0 aromatic carbocycles. The van der Waals surface area contributed by atoms with Gasteiger partial charge in [0.05, 0.1) is 14.2 Å². The number of rotatable bonds is 1. The second-order valence-electron chi connectivity index (χ2n) is 5.06. The smallest absolute Gasteiger partial charge is 0.0753 e. The van der Waals surface area contributed by atoms with E-state index in [-0.39, 0.29) is 6.10 Å². The Labute approximate surface area is 82.9 Å². The van der Waals surface area contributed by atoms with E-state index in [9.17, 15) is 5.11 Å². The molecule has 0 aromatic rings. The minimum atomic E-state index is -1.26. The first-order valence-electron chi connectivity index (χ1n) is 5.40. The fraction of sp³-hybridized carbons (Fsp3) is 0.818. The van der Waals surface area contributed by atoms with Crippen molar-refractivity contribution in [3.8, 4) is 0 Å². The van der Waals surface area contributed by atoms with E-state index in [1.807, 2.05) is 0 Å². The zero-order valence-corrected chi connectivity index (χ0v) is 10.1. The topological polar surface area (TPSA) is 20.2 Å². The number of allylic oxidation sites excluding steroid dienone is 1. The van der Waals surface area contributed by atoms with Crippen molar-refractivity contribution in [2.45, 2.75) is 57.8 Å². The quantitative estimate of drug-likeness (QED) is 0.642. The van der Waals surface area contributed by atoms with Crippen LogP contribution in [0.25, 0.3) is 0 Å². The molecule has 76 valence electrons. The highest BCUT2D eigenvalue weighted by Gasteiger charge is 2.25. The summed E-state index contributed by atoms with van der Waals surface area (Å²) >= 11 is 0. The van der Waals surface area contributed by atoms with Crippen LogP contribution in [-0.4, -0.2) is 19.3 Å². The van der Waals surface area contributed by atoms with Gasteiger partial charge in [-0.15, -0.1) is 0 Å². The summed E-state index contributed by atoms with van der Waals surface area (Å²) in [6.45, 7) is 6.97. The molecule has 0 spiro atoms. The lowest BCUT2D eigenvalue weighted by Crippen LogP contribution is -2.32. The minimum absolute atomic E-state index is 0.132. The Morgan fingerprint density at radius 3 is 2.54 bits per heavy atom. The average Bonchev–Trinajstić information content (AvgIpc) is 1.94. The SMILES string of the molecule is C[Si](C)(C)/C1=C/CCCCCC1O. The van der Waals surface area contributed by atoms with E-state index in [1.165, 1.54) is 30.9 Å². The fourth-order valence-electron chi connectivity index (χ4n) is 2.01. The van der Waals surface area contributed by atoms with Crippen LogP contribution in [0.5, 0.6) is 0 Å². The van der Waals surface area contributed by atoms with Crippen molar-refractivity contribution in [2.24, 2.45) is 0 Å². The van der Waals surface area contributed by atoms with E-state index in [2.05, 4.69) is 25.7 Å². The molecular formula is C11H22OSi. The maximum Gasteiger partial charge on any atom is 0.0753 e. The van der Waals surface area contributed by atoms with E-state index in [0.717, 1.165) is 6.42 Å². The largest absolute Gasteiger partial charge is 0.389 e. The summed E-state index contributed by atoms with van der Waals surface area (Å²) in [7, 11) is -1.26. The first kappa shape index (κ1) is 11.0. The summed E-state index contributed by atoms with van der Waals surface area (Å²) in [6, 6.07) is 0. The predicted octanol–water partition coefficient (Wildman–Crippen LogP) is 3.12. The van der Waals surface area contributed by atoms with Gasteiger partial charge >= 0.3 is 0 Å². The molecule has 1 rings (SSSR count). The summed E-state index contributed by atoms with van der Waals surface area (Å²) in [5.74, 6) is 0. The highest BCUT2D eigenvalue weighted by molar-refractivity contribution is 6.83. The standard InChI is InChI=1S/C11H22OSi/c1-13(2,3)11-9-7-5-4-6-8-10(11)12/h9-10,12H,4-8H2,1-3H3/b11-9+. The average molecular weight is 198 g/mol. The molecule has 1 atom stereocenters. The molecule has 1 N–H and O–H groups in total. The predicted molar refractivity (Wildman–Crippen MR) is 60.5 cm³/mol. The van der Waals surface area contributed by atoms with Crippen molar-refractivity contribution in [3.05, 3.63) is 11.3 Å². The molecule has 0 heterocycles. The summed E-state index contributed by atoms with van der Waals surface area (Å²) in [5.41, 5.74) is 0. The maximum atomic E-state index is 9.98. The van der Waals surface area contributed by atoms with Crippen LogP contribution in [0.3, 0.4) is 0 Å². The van der Waals surface area contributed by atoms with Gasteiger partial charge in [0.1, 0.15) is 0 Å². The second-order valence-corrected chi connectivity index (χ2v) is 10.1. The molecular weight excluding hydrogens is 176 g/mol. The Morgan fingerprint density at radius 1 is 1.23 bits per heavy atom. The van der Waals surface area contributed by atoms with Crippen LogP contribution in [-0.2, 0) is 0 Å². The molecule has 0 fully saturated rings. The van der Waals surface area contributed by atoms with Gasteiger partial charge in [-0.05, 0) is 19.3 Å². The molecule has 0 bridgehead atoms. The maximum absolute atomic E-state index is 9.98. The van der Waals surface area contributed by atoms with Crippen LogP contribution in [0.4, 0.5) is 0 Å². The van der Waals surface area contributed by atoms with Gasteiger partial charge in [0.15, 0.2) is 0 Å². The van der Waals surface area contributed by atoms with Gasteiger partial charge in [-0.3, -0.25) is 0 Å². The van der Waals surface area contributed by atoms with E-state index in [4.69, 9.17) is 0 Å². The van der Waals surface area contributed by atoms with Crippen molar-refractivity contribution < 1.29 is 5.11 Å². The zero-order valence-electron chi connectivity index (χ0n) is 9.14. The van der Waals surface area contributed by atoms with Crippen LogP contribution >= 0.6 is 0 Å². The number of aliphatic hydroxyl groups is 1. The Balaban J connectivity index is 2.76. The third kappa shape index (κ3) is 3.28. The van der Waals surface area contributed by atoms with Crippen LogP contribution in [0, 0.1) is 0 Å². The molecule has 0 saturated heterocycles. The van der Waals surface area contributed by atoms with Gasteiger partial charge < -0.3 is 5.11 Å². The lowest BCUT2D eigenvalue weighted by Gasteiger charge is -2.27. The van der Waals surface area contributed by atoms with Gasteiger partial charge in [0.2, 0.25) is 0 Å². The first-order valence-corrected chi connectivity index (χ1v) is 8.90. The van der Waals surface area contributed by atoms with Crippen molar-refractivity contribution in [3.63, 3.8) is 0 Å². The Hall–Kier alpha value is -0.0831. The zero-order chi connectivity index (χ0) is 9.90. The molecule has 0 saturated carbocycles. The molecule has 0 aliphatic heterocycles. The number of aliphatic hydroxyl groups excluding tert-OH is 1. The van der Waals surface area contributed by atoms with Crippen LogP contribution < -0.4 is 0 Å². The van der Waals surface area contributed by atoms with Crippen LogP contribution in [0.15, 0.2) is 11.3 Å². The molecule has 13 heavy (non-hydrogen) atoms. The van der Waals surface area contributed by atoms with Gasteiger partial charge in [0.25, 0.3) is 0 Å². The summed E-state index contributed by atoms with van der Waals surface area (Å²) in [6.07, 6.45) is 8.13. The van der Waals surface area contributed by atoms with Crippen molar-refractivity contribution >= 4 is 8.07 Å². The monoisotopic (exact) mass is 198 g/mol. The molecule has 1 unspecified atom stereocenters. The van der Waals surface area contributed by atoms with Gasteiger partial charge in [-0.2, -0.15) is 0 Å². The van der Waals surface area contributed by atoms with E-state index >= 15 is 0 Å². The normalized spacial score (nSPS) is 30.2. The van der Waals surface area contributed by atoms with Gasteiger partial charge in [0, 0.05) is 0 Å². The minimum Gasteiger partial charge on any atom is -0.389 e.